The highest BCUT2D eigenvalue weighted by molar-refractivity contribution is 6.33. The summed E-state index contributed by atoms with van der Waals surface area (Å²) in [5, 5.41) is 3.11. The first kappa shape index (κ1) is 13.9. The Morgan fingerprint density at radius 2 is 1.86 bits per heavy atom. The van der Waals surface area contributed by atoms with Gasteiger partial charge in [0.15, 0.2) is 0 Å². The topological polar surface area (TPSA) is 70.7 Å². The zero-order valence-corrected chi connectivity index (χ0v) is 12.2. The van der Waals surface area contributed by atoms with Gasteiger partial charge in [-0.15, -0.1) is 0 Å². The summed E-state index contributed by atoms with van der Waals surface area (Å²) < 4.78 is 0. The number of nitrogens with zero attached hydrogens (tertiary/aromatic N) is 2. The number of aromatic amines is 1. The number of nitrogens with one attached hydrogen (secondary N) is 2. The number of halogens is 2. The van der Waals surface area contributed by atoms with Crippen LogP contribution in [0.15, 0.2) is 36.4 Å². The van der Waals surface area contributed by atoms with Gasteiger partial charge in [0.25, 0.3) is 5.91 Å². The fourth-order valence-corrected chi connectivity index (χ4v) is 2.41. The van der Waals surface area contributed by atoms with E-state index in [1.165, 1.54) is 12.1 Å². The van der Waals surface area contributed by atoms with Gasteiger partial charge in [-0.05, 0) is 24.3 Å². The minimum atomic E-state index is -0.290. The van der Waals surface area contributed by atoms with Crippen molar-refractivity contribution < 1.29 is 4.79 Å². The van der Waals surface area contributed by atoms with E-state index < -0.39 is 0 Å². The number of para-hydroxylation sites is 2. The van der Waals surface area contributed by atoms with Crippen LogP contribution in [0, 0.1) is 0 Å². The number of imidazole rings is 1. The molecule has 0 spiro atoms. The zero-order valence-electron chi connectivity index (χ0n) is 10.7. The van der Waals surface area contributed by atoms with Gasteiger partial charge in [0.05, 0.1) is 17.6 Å². The SMILES string of the molecule is O=C(NCc1nc2ccccc2[nH]1)c1cc(Cl)nc(Cl)c1. The van der Waals surface area contributed by atoms with E-state index in [-0.39, 0.29) is 22.8 Å². The summed E-state index contributed by atoms with van der Waals surface area (Å²) in [4.78, 5) is 23.3. The number of fused-ring (bicyclic) bond motifs is 1. The lowest BCUT2D eigenvalue weighted by Gasteiger charge is -2.04. The van der Waals surface area contributed by atoms with Gasteiger partial charge in [-0.25, -0.2) is 9.97 Å². The largest absolute Gasteiger partial charge is 0.345 e. The summed E-state index contributed by atoms with van der Waals surface area (Å²) in [6.07, 6.45) is 0. The molecule has 0 aliphatic rings. The fourth-order valence-electron chi connectivity index (χ4n) is 1.95. The summed E-state index contributed by atoms with van der Waals surface area (Å²) in [5.74, 6) is 0.387. The molecule has 0 aliphatic carbocycles. The molecule has 7 heteroatoms. The molecule has 3 aromatic rings. The third kappa shape index (κ3) is 3.15. The van der Waals surface area contributed by atoms with Crippen LogP contribution < -0.4 is 5.32 Å². The van der Waals surface area contributed by atoms with Crippen LogP contribution in [-0.2, 0) is 6.54 Å². The first-order chi connectivity index (χ1) is 10.1. The Balaban J connectivity index is 1.73. The highest BCUT2D eigenvalue weighted by Gasteiger charge is 2.09. The third-order valence-electron chi connectivity index (χ3n) is 2.88. The third-order valence-corrected chi connectivity index (χ3v) is 3.27. The number of rotatable bonds is 3. The second-order valence-corrected chi connectivity index (χ2v) is 5.16. The molecular weight excluding hydrogens is 311 g/mol. The highest BCUT2D eigenvalue weighted by atomic mass is 35.5. The average Bonchev–Trinajstić information content (AvgIpc) is 2.86. The highest BCUT2D eigenvalue weighted by Crippen LogP contribution is 2.15. The van der Waals surface area contributed by atoms with Gasteiger partial charge in [-0.2, -0.15) is 0 Å². The predicted octanol–water partition coefficient (Wildman–Crippen LogP) is 3.19. The van der Waals surface area contributed by atoms with Crippen LogP contribution in [0.4, 0.5) is 0 Å². The summed E-state index contributed by atoms with van der Waals surface area (Å²) in [5.41, 5.74) is 2.14. The molecule has 106 valence electrons. The Kier molecular flexibility index (Phi) is 3.77. The summed E-state index contributed by atoms with van der Waals surface area (Å²) in [6.45, 7) is 0.283. The molecule has 0 fully saturated rings. The van der Waals surface area contributed by atoms with Crippen molar-refractivity contribution in [1.29, 1.82) is 0 Å². The molecule has 3 rings (SSSR count). The van der Waals surface area contributed by atoms with E-state index in [1.54, 1.807) is 0 Å². The van der Waals surface area contributed by atoms with Gasteiger partial charge in [0.2, 0.25) is 0 Å². The van der Waals surface area contributed by atoms with Crippen LogP contribution in [0.5, 0.6) is 0 Å². The second kappa shape index (κ2) is 5.71. The molecule has 2 N–H and O–H groups in total. The Morgan fingerprint density at radius 1 is 1.14 bits per heavy atom. The molecular formula is C14H10Cl2N4O. The van der Waals surface area contributed by atoms with Crippen LogP contribution in [0.1, 0.15) is 16.2 Å². The lowest BCUT2D eigenvalue weighted by Crippen LogP contribution is -2.23. The average molecular weight is 321 g/mol. The number of aromatic nitrogens is 3. The van der Waals surface area contributed by atoms with Gasteiger partial charge in [0, 0.05) is 5.56 Å². The van der Waals surface area contributed by atoms with Crippen molar-refractivity contribution in [3.63, 3.8) is 0 Å². The molecule has 0 saturated heterocycles. The van der Waals surface area contributed by atoms with Gasteiger partial charge in [0.1, 0.15) is 16.1 Å². The van der Waals surface area contributed by atoms with Crippen LogP contribution in [0.25, 0.3) is 11.0 Å². The number of H-pyrrole nitrogens is 1. The van der Waals surface area contributed by atoms with Crippen LogP contribution >= 0.6 is 23.2 Å². The zero-order chi connectivity index (χ0) is 14.8. The van der Waals surface area contributed by atoms with Gasteiger partial charge >= 0.3 is 0 Å². The van der Waals surface area contributed by atoms with E-state index in [2.05, 4.69) is 20.3 Å². The summed E-state index contributed by atoms with van der Waals surface area (Å²) in [6, 6.07) is 10.6. The van der Waals surface area contributed by atoms with E-state index in [9.17, 15) is 4.79 Å². The van der Waals surface area contributed by atoms with E-state index >= 15 is 0 Å². The van der Waals surface area contributed by atoms with Crippen LogP contribution in [-0.4, -0.2) is 20.9 Å². The van der Waals surface area contributed by atoms with Crippen LogP contribution in [0.3, 0.4) is 0 Å². The molecule has 0 unspecified atom stereocenters. The molecule has 0 bridgehead atoms. The maximum Gasteiger partial charge on any atom is 0.251 e. The van der Waals surface area contributed by atoms with E-state index in [0.29, 0.717) is 11.4 Å². The van der Waals surface area contributed by atoms with E-state index in [0.717, 1.165) is 11.0 Å². The number of pyridine rings is 1. The van der Waals surface area contributed by atoms with Crippen molar-refractivity contribution in [2.24, 2.45) is 0 Å². The smallest absolute Gasteiger partial charge is 0.251 e. The van der Waals surface area contributed by atoms with Gasteiger partial charge in [-0.3, -0.25) is 4.79 Å². The van der Waals surface area contributed by atoms with Crippen LogP contribution in [0.2, 0.25) is 10.3 Å². The Bertz CT molecular complexity index is 762. The molecule has 2 aromatic heterocycles. The molecule has 0 aliphatic heterocycles. The van der Waals surface area contributed by atoms with Crippen molar-refractivity contribution >= 4 is 40.1 Å². The fraction of sp³-hybridized carbons (Fsp3) is 0.0714. The van der Waals surface area contributed by atoms with Crippen molar-refractivity contribution in [3.05, 3.63) is 58.1 Å². The number of hydrogen-bond donors (Lipinski definition) is 2. The van der Waals surface area contributed by atoms with Crippen molar-refractivity contribution in [2.45, 2.75) is 6.54 Å². The summed E-state index contributed by atoms with van der Waals surface area (Å²) >= 11 is 11.5. The number of carbonyl (C=O) groups is 1. The van der Waals surface area contributed by atoms with E-state index in [4.69, 9.17) is 23.2 Å². The Morgan fingerprint density at radius 3 is 2.57 bits per heavy atom. The number of benzene rings is 1. The normalized spacial score (nSPS) is 10.8. The quantitative estimate of drug-likeness (QED) is 0.728. The number of hydrogen-bond acceptors (Lipinski definition) is 3. The van der Waals surface area contributed by atoms with Gasteiger partial charge < -0.3 is 10.3 Å². The molecule has 0 atom stereocenters. The van der Waals surface area contributed by atoms with Crippen molar-refractivity contribution in [1.82, 2.24) is 20.3 Å². The Hall–Kier alpha value is -2.11. The first-order valence-corrected chi connectivity index (χ1v) is 6.92. The van der Waals surface area contributed by atoms with Gasteiger partial charge in [-0.1, -0.05) is 35.3 Å². The maximum atomic E-state index is 12.0. The standard InChI is InChI=1S/C14H10Cl2N4O/c15-11-5-8(6-12(16)20-11)14(21)17-7-13-18-9-3-1-2-4-10(9)19-13/h1-6H,7H2,(H,17,21)(H,18,19). The predicted molar refractivity (Wildman–Crippen MR) is 81.5 cm³/mol. The Labute approximate surface area is 130 Å². The number of carbonyl (C=O) groups excluding carboxylic acids is 1. The molecule has 21 heavy (non-hydrogen) atoms. The molecule has 0 radical (unpaired) electrons. The monoisotopic (exact) mass is 320 g/mol. The second-order valence-electron chi connectivity index (χ2n) is 4.38. The number of amides is 1. The lowest BCUT2D eigenvalue weighted by atomic mass is 10.2. The maximum absolute atomic E-state index is 12.0. The minimum Gasteiger partial charge on any atom is -0.345 e. The van der Waals surface area contributed by atoms with Crippen molar-refractivity contribution in [2.75, 3.05) is 0 Å². The van der Waals surface area contributed by atoms with E-state index in [1.807, 2.05) is 24.3 Å². The molecule has 0 saturated carbocycles. The van der Waals surface area contributed by atoms with Crippen molar-refractivity contribution in [3.8, 4) is 0 Å². The minimum absolute atomic E-state index is 0.177. The lowest BCUT2D eigenvalue weighted by molar-refractivity contribution is 0.0950. The molecule has 1 amide bonds. The summed E-state index contributed by atoms with van der Waals surface area (Å²) in [7, 11) is 0. The molecule has 2 heterocycles. The molecule has 5 nitrogen and oxygen atoms in total. The molecule has 1 aromatic carbocycles. The first-order valence-electron chi connectivity index (χ1n) is 6.17.